The normalized spacial score (nSPS) is 9.00. The lowest BCUT2D eigenvalue weighted by Crippen LogP contribution is -2.33. The molecule has 0 fully saturated rings. The molecule has 4 heteroatoms. The summed E-state index contributed by atoms with van der Waals surface area (Å²) in [5.41, 5.74) is 0.935. The van der Waals surface area contributed by atoms with Crippen LogP contribution in [-0.4, -0.2) is 35.0 Å². The molecule has 0 saturated heterocycles. The van der Waals surface area contributed by atoms with E-state index in [1.807, 2.05) is 0 Å². The summed E-state index contributed by atoms with van der Waals surface area (Å²) in [6, 6.07) is 6.20. The van der Waals surface area contributed by atoms with Crippen molar-refractivity contribution in [3.8, 4) is 24.2 Å². The fraction of sp³-hybridized carbons (Fsp3) is 0.250. The molecule has 0 bridgehead atoms. The van der Waals surface area contributed by atoms with E-state index in [-0.39, 0.29) is 24.4 Å². The van der Waals surface area contributed by atoms with E-state index in [4.69, 9.17) is 11.5 Å². The van der Waals surface area contributed by atoms with Crippen LogP contribution < -0.4 is 0 Å². The van der Waals surface area contributed by atoms with Gasteiger partial charge in [-0.15, -0.1) is 12.3 Å². The third kappa shape index (κ3) is 4.51. The summed E-state index contributed by atoms with van der Waals surface area (Å²) in [7, 11) is 0. The second-order valence-corrected chi connectivity index (χ2v) is 4.06. The van der Waals surface area contributed by atoms with Crippen molar-refractivity contribution in [1.29, 1.82) is 0 Å². The lowest BCUT2D eigenvalue weighted by molar-refractivity contribution is -0.129. The minimum Gasteiger partial charge on any atom is -0.478 e. The van der Waals surface area contributed by atoms with E-state index >= 15 is 0 Å². The highest BCUT2D eigenvalue weighted by molar-refractivity contribution is 5.87. The van der Waals surface area contributed by atoms with Gasteiger partial charge in [0, 0.05) is 0 Å². The van der Waals surface area contributed by atoms with Crippen molar-refractivity contribution >= 4 is 11.9 Å². The van der Waals surface area contributed by atoms with Gasteiger partial charge in [-0.3, -0.25) is 4.79 Å². The summed E-state index contributed by atoms with van der Waals surface area (Å²) in [5.74, 6) is 6.83. The molecule has 0 saturated carbocycles. The number of terminal acetylenes is 1. The number of rotatable bonds is 5. The topological polar surface area (TPSA) is 57.6 Å². The predicted molar refractivity (Wildman–Crippen MR) is 76.0 cm³/mol. The van der Waals surface area contributed by atoms with Gasteiger partial charge in [0.25, 0.3) is 0 Å². The average Bonchev–Trinajstić information content (AvgIpc) is 2.43. The first-order chi connectivity index (χ1) is 9.58. The molecule has 0 aromatic heterocycles. The monoisotopic (exact) mass is 269 g/mol. The fourth-order valence-electron chi connectivity index (χ4n) is 1.57. The number of carboxylic acid groups (broad SMARTS) is 1. The average molecular weight is 269 g/mol. The Morgan fingerprint density at radius 2 is 1.90 bits per heavy atom. The third-order valence-corrected chi connectivity index (χ3v) is 2.64. The Kier molecular flexibility index (Phi) is 5.87. The quantitative estimate of drug-likeness (QED) is 0.822. The number of benzene rings is 1. The Balaban J connectivity index is 2.73. The molecule has 0 heterocycles. The molecule has 1 N–H and O–H groups in total. The van der Waals surface area contributed by atoms with Crippen LogP contribution in [0.3, 0.4) is 0 Å². The molecule has 0 unspecified atom stereocenters. The molecule has 0 radical (unpaired) electrons. The van der Waals surface area contributed by atoms with Crippen LogP contribution in [0.25, 0.3) is 0 Å². The Bertz CT molecular complexity index is 585. The molecule has 1 amide bonds. The molecule has 1 aromatic rings. The molecule has 20 heavy (non-hydrogen) atoms. The number of amides is 1. The van der Waals surface area contributed by atoms with Crippen molar-refractivity contribution in [2.45, 2.75) is 13.3 Å². The van der Waals surface area contributed by atoms with Crippen LogP contribution in [0.4, 0.5) is 0 Å². The van der Waals surface area contributed by atoms with Gasteiger partial charge >= 0.3 is 5.97 Å². The van der Waals surface area contributed by atoms with Crippen LogP contribution in [0.1, 0.15) is 22.8 Å². The molecule has 0 aliphatic heterocycles. The zero-order chi connectivity index (χ0) is 15.0. The van der Waals surface area contributed by atoms with Gasteiger partial charge in [0.15, 0.2) is 0 Å². The van der Waals surface area contributed by atoms with Crippen LogP contribution in [0.5, 0.6) is 0 Å². The Labute approximate surface area is 118 Å². The van der Waals surface area contributed by atoms with E-state index in [0.29, 0.717) is 6.54 Å². The van der Waals surface area contributed by atoms with Gasteiger partial charge < -0.3 is 10.0 Å². The maximum Gasteiger partial charge on any atom is 0.335 e. The van der Waals surface area contributed by atoms with Crippen molar-refractivity contribution in [1.82, 2.24) is 4.90 Å². The fourth-order valence-corrected chi connectivity index (χ4v) is 1.57. The van der Waals surface area contributed by atoms with Crippen LogP contribution in [-0.2, 0) is 11.2 Å². The maximum absolute atomic E-state index is 12.1. The highest BCUT2D eigenvalue weighted by Gasteiger charge is 2.12. The Morgan fingerprint density at radius 1 is 1.25 bits per heavy atom. The molecule has 102 valence electrons. The minimum absolute atomic E-state index is 0.131. The van der Waals surface area contributed by atoms with Gasteiger partial charge in [0.05, 0.1) is 25.1 Å². The standard InChI is InChI=1S/C16H15NO3/c1-3-5-11-17(10-4-2)15(18)12-13-6-8-14(9-7-13)16(19)20/h2,6-9H,10-12H2,1H3,(H,19,20). The highest BCUT2D eigenvalue weighted by atomic mass is 16.4. The molecular formula is C16H15NO3. The van der Waals surface area contributed by atoms with Gasteiger partial charge in [0.1, 0.15) is 0 Å². The smallest absolute Gasteiger partial charge is 0.335 e. The van der Waals surface area contributed by atoms with Gasteiger partial charge in [-0.05, 0) is 24.6 Å². The number of carboxylic acids is 1. The Hall–Kier alpha value is -2.72. The SMILES string of the molecule is C#CCN(CC#CC)C(=O)Cc1ccc(C(=O)O)cc1. The number of nitrogens with zero attached hydrogens (tertiary/aromatic N) is 1. The van der Waals surface area contributed by atoms with Crippen LogP contribution in [0.2, 0.25) is 0 Å². The van der Waals surface area contributed by atoms with Gasteiger partial charge in [-0.2, -0.15) is 0 Å². The largest absolute Gasteiger partial charge is 0.478 e. The van der Waals surface area contributed by atoms with Crippen molar-refractivity contribution in [3.05, 3.63) is 35.4 Å². The number of carbonyl (C=O) groups is 2. The van der Waals surface area contributed by atoms with Crippen LogP contribution in [0.15, 0.2) is 24.3 Å². The molecule has 0 aliphatic carbocycles. The van der Waals surface area contributed by atoms with Gasteiger partial charge in [0.2, 0.25) is 5.91 Å². The summed E-state index contributed by atoms with van der Waals surface area (Å²) < 4.78 is 0. The number of aromatic carboxylic acids is 1. The molecular weight excluding hydrogens is 254 g/mol. The molecule has 4 nitrogen and oxygen atoms in total. The van der Waals surface area contributed by atoms with E-state index in [2.05, 4.69) is 17.8 Å². The summed E-state index contributed by atoms with van der Waals surface area (Å²) in [6.45, 7) is 2.20. The summed E-state index contributed by atoms with van der Waals surface area (Å²) >= 11 is 0. The summed E-state index contributed by atoms with van der Waals surface area (Å²) in [5, 5.41) is 8.80. The minimum atomic E-state index is -0.991. The van der Waals surface area contributed by atoms with Crippen molar-refractivity contribution < 1.29 is 14.7 Å². The number of carbonyl (C=O) groups excluding carboxylic acids is 1. The molecule has 0 aliphatic rings. The molecule has 1 rings (SSSR count). The molecule has 1 aromatic carbocycles. The van der Waals surface area contributed by atoms with Crippen molar-refractivity contribution in [2.75, 3.05) is 13.1 Å². The molecule has 0 atom stereocenters. The van der Waals surface area contributed by atoms with E-state index in [9.17, 15) is 9.59 Å². The summed E-state index contributed by atoms with van der Waals surface area (Å²) in [6.07, 6.45) is 5.40. The predicted octanol–water partition coefficient (Wildman–Crippen LogP) is 1.41. The van der Waals surface area contributed by atoms with Gasteiger partial charge in [-0.1, -0.05) is 24.0 Å². The van der Waals surface area contributed by atoms with Gasteiger partial charge in [-0.25, -0.2) is 4.79 Å². The second-order valence-electron chi connectivity index (χ2n) is 4.06. The van der Waals surface area contributed by atoms with E-state index in [1.54, 1.807) is 19.1 Å². The van der Waals surface area contributed by atoms with Crippen LogP contribution in [0, 0.1) is 24.2 Å². The Morgan fingerprint density at radius 3 is 2.40 bits per heavy atom. The van der Waals surface area contributed by atoms with E-state index in [1.165, 1.54) is 17.0 Å². The number of hydrogen-bond donors (Lipinski definition) is 1. The first-order valence-electron chi connectivity index (χ1n) is 6.01. The zero-order valence-corrected chi connectivity index (χ0v) is 11.2. The highest BCUT2D eigenvalue weighted by Crippen LogP contribution is 2.07. The first-order valence-corrected chi connectivity index (χ1v) is 6.01. The lowest BCUT2D eigenvalue weighted by Gasteiger charge is -2.17. The van der Waals surface area contributed by atoms with Crippen LogP contribution >= 0.6 is 0 Å². The first kappa shape index (κ1) is 15.3. The lowest BCUT2D eigenvalue weighted by atomic mass is 10.1. The maximum atomic E-state index is 12.1. The third-order valence-electron chi connectivity index (χ3n) is 2.64. The van der Waals surface area contributed by atoms with Crippen molar-refractivity contribution in [3.63, 3.8) is 0 Å². The second kappa shape index (κ2) is 7.66. The van der Waals surface area contributed by atoms with Crippen molar-refractivity contribution in [2.24, 2.45) is 0 Å². The van der Waals surface area contributed by atoms with E-state index in [0.717, 1.165) is 5.56 Å². The van der Waals surface area contributed by atoms with E-state index < -0.39 is 5.97 Å². The zero-order valence-electron chi connectivity index (χ0n) is 11.2. The number of hydrogen-bond acceptors (Lipinski definition) is 2. The molecule has 0 spiro atoms. The summed E-state index contributed by atoms with van der Waals surface area (Å²) in [4.78, 5) is 24.3.